The van der Waals surface area contributed by atoms with Crippen LogP contribution in [0.15, 0.2) is 18.2 Å². The van der Waals surface area contributed by atoms with Crippen LogP contribution in [-0.2, 0) is 11.2 Å². The molecule has 0 radical (unpaired) electrons. The van der Waals surface area contributed by atoms with Gasteiger partial charge in [-0.3, -0.25) is 4.79 Å². The van der Waals surface area contributed by atoms with Crippen LogP contribution in [-0.4, -0.2) is 23.9 Å². The van der Waals surface area contributed by atoms with Gasteiger partial charge in [0.2, 0.25) is 5.91 Å². The fourth-order valence-corrected chi connectivity index (χ4v) is 2.68. The monoisotopic (exact) mass is 245 g/mol. The summed E-state index contributed by atoms with van der Waals surface area (Å²) < 4.78 is 0. The topological polar surface area (TPSA) is 20.3 Å². The Labute approximate surface area is 110 Å². The van der Waals surface area contributed by atoms with Crippen LogP contribution in [0, 0.1) is 19.8 Å². The lowest BCUT2D eigenvalue weighted by atomic mass is 9.98. The predicted octanol–water partition coefficient (Wildman–Crippen LogP) is 3.10. The van der Waals surface area contributed by atoms with Crippen molar-refractivity contribution in [3.05, 3.63) is 34.9 Å². The molecule has 2 nitrogen and oxygen atoms in total. The molecule has 1 aromatic rings. The molecule has 0 saturated carbocycles. The normalized spacial score (nSPS) is 19.9. The minimum absolute atomic E-state index is 0.287. The number of rotatable bonds is 2. The van der Waals surface area contributed by atoms with Gasteiger partial charge in [0.05, 0.1) is 6.42 Å². The summed E-state index contributed by atoms with van der Waals surface area (Å²) >= 11 is 0. The first kappa shape index (κ1) is 13.1. The standard InChI is InChI=1S/C16H23NO/c1-12-6-7-14(3)15(9-12)10-16(18)17-8-4-5-13(2)11-17/h6-7,9,13H,4-5,8,10-11H2,1-3H3/t13-/m1/s1. The van der Waals surface area contributed by atoms with Crippen LogP contribution in [0.2, 0.25) is 0 Å². The lowest BCUT2D eigenvalue weighted by molar-refractivity contribution is -0.132. The SMILES string of the molecule is Cc1ccc(C)c(CC(=O)N2CCC[C@@H](C)C2)c1. The molecular weight excluding hydrogens is 222 g/mol. The summed E-state index contributed by atoms with van der Waals surface area (Å²) in [5.41, 5.74) is 3.63. The van der Waals surface area contributed by atoms with E-state index in [0.29, 0.717) is 12.3 Å². The molecule has 1 aliphatic rings. The molecule has 98 valence electrons. The van der Waals surface area contributed by atoms with Gasteiger partial charge in [-0.2, -0.15) is 0 Å². The van der Waals surface area contributed by atoms with Crippen molar-refractivity contribution in [1.29, 1.82) is 0 Å². The third-order valence-corrected chi connectivity index (χ3v) is 3.86. The number of carbonyl (C=O) groups is 1. The lowest BCUT2D eigenvalue weighted by Gasteiger charge is -2.31. The molecule has 1 fully saturated rings. The highest BCUT2D eigenvalue weighted by Gasteiger charge is 2.21. The van der Waals surface area contributed by atoms with E-state index in [9.17, 15) is 4.79 Å². The molecule has 1 atom stereocenters. The summed E-state index contributed by atoms with van der Waals surface area (Å²) in [5, 5.41) is 0. The highest BCUT2D eigenvalue weighted by molar-refractivity contribution is 5.79. The number of carbonyl (C=O) groups excluding carboxylic acids is 1. The van der Waals surface area contributed by atoms with Gasteiger partial charge in [0.1, 0.15) is 0 Å². The third-order valence-electron chi connectivity index (χ3n) is 3.86. The van der Waals surface area contributed by atoms with E-state index < -0.39 is 0 Å². The highest BCUT2D eigenvalue weighted by Crippen LogP contribution is 2.18. The molecule has 1 heterocycles. The van der Waals surface area contributed by atoms with Crippen LogP contribution in [0.5, 0.6) is 0 Å². The molecule has 0 spiro atoms. The Morgan fingerprint density at radius 2 is 2.17 bits per heavy atom. The van der Waals surface area contributed by atoms with E-state index in [-0.39, 0.29) is 5.91 Å². The number of nitrogens with zero attached hydrogens (tertiary/aromatic N) is 1. The molecule has 1 amide bonds. The highest BCUT2D eigenvalue weighted by atomic mass is 16.2. The maximum absolute atomic E-state index is 12.3. The van der Waals surface area contributed by atoms with E-state index in [4.69, 9.17) is 0 Å². The first-order valence-electron chi connectivity index (χ1n) is 6.90. The smallest absolute Gasteiger partial charge is 0.227 e. The molecule has 1 saturated heterocycles. The summed E-state index contributed by atoms with van der Waals surface area (Å²) in [5.74, 6) is 0.941. The largest absolute Gasteiger partial charge is 0.342 e. The average Bonchev–Trinajstić information content (AvgIpc) is 2.34. The Kier molecular flexibility index (Phi) is 4.05. The van der Waals surface area contributed by atoms with Gasteiger partial charge in [0.25, 0.3) is 0 Å². The van der Waals surface area contributed by atoms with Crippen LogP contribution in [0.1, 0.15) is 36.5 Å². The van der Waals surface area contributed by atoms with Gasteiger partial charge in [-0.05, 0) is 43.7 Å². The summed E-state index contributed by atoms with van der Waals surface area (Å²) in [4.78, 5) is 14.3. The zero-order valence-corrected chi connectivity index (χ0v) is 11.7. The fraction of sp³-hybridized carbons (Fsp3) is 0.562. The average molecular weight is 245 g/mol. The van der Waals surface area contributed by atoms with E-state index in [1.54, 1.807) is 0 Å². The van der Waals surface area contributed by atoms with E-state index in [0.717, 1.165) is 19.5 Å². The number of benzene rings is 1. The summed E-state index contributed by atoms with van der Waals surface area (Å²) in [6.45, 7) is 8.27. The molecule has 0 N–H and O–H groups in total. The minimum atomic E-state index is 0.287. The van der Waals surface area contributed by atoms with Crippen molar-refractivity contribution in [3.63, 3.8) is 0 Å². The molecular formula is C16H23NO. The number of piperidine rings is 1. The number of likely N-dealkylation sites (tertiary alicyclic amines) is 1. The molecule has 2 rings (SSSR count). The Bertz CT molecular complexity index is 439. The number of amides is 1. The Morgan fingerprint density at radius 1 is 1.39 bits per heavy atom. The van der Waals surface area contributed by atoms with Crippen molar-refractivity contribution >= 4 is 5.91 Å². The van der Waals surface area contributed by atoms with E-state index in [1.807, 2.05) is 4.90 Å². The van der Waals surface area contributed by atoms with Gasteiger partial charge in [0.15, 0.2) is 0 Å². The quantitative estimate of drug-likeness (QED) is 0.784. The van der Waals surface area contributed by atoms with Crippen molar-refractivity contribution < 1.29 is 4.79 Å². The van der Waals surface area contributed by atoms with Gasteiger partial charge >= 0.3 is 0 Å². The van der Waals surface area contributed by atoms with Gasteiger partial charge in [0, 0.05) is 13.1 Å². The van der Waals surface area contributed by atoms with Crippen LogP contribution < -0.4 is 0 Å². The first-order chi connectivity index (χ1) is 8.56. The molecule has 2 heteroatoms. The second-order valence-electron chi connectivity index (χ2n) is 5.69. The summed E-state index contributed by atoms with van der Waals surface area (Å²) in [7, 11) is 0. The number of aryl methyl sites for hydroxylation is 2. The third kappa shape index (κ3) is 3.12. The second kappa shape index (κ2) is 5.55. The van der Waals surface area contributed by atoms with Crippen LogP contribution in [0.25, 0.3) is 0 Å². The van der Waals surface area contributed by atoms with E-state index >= 15 is 0 Å². The number of hydrogen-bond acceptors (Lipinski definition) is 1. The second-order valence-corrected chi connectivity index (χ2v) is 5.69. The van der Waals surface area contributed by atoms with Gasteiger partial charge in [-0.25, -0.2) is 0 Å². The van der Waals surface area contributed by atoms with Crippen LogP contribution >= 0.6 is 0 Å². The Morgan fingerprint density at radius 3 is 2.89 bits per heavy atom. The van der Waals surface area contributed by atoms with Gasteiger partial charge in [-0.15, -0.1) is 0 Å². The van der Waals surface area contributed by atoms with Crippen molar-refractivity contribution in [3.8, 4) is 0 Å². The van der Waals surface area contributed by atoms with Crippen LogP contribution in [0.4, 0.5) is 0 Å². The molecule has 0 aromatic heterocycles. The van der Waals surface area contributed by atoms with Crippen molar-refractivity contribution in [2.45, 2.75) is 40.0 Å². The van der Waals surface area contributed by atoms with Crippen molar-refractivity contribution in [2.24, 2.45) is 5.92 Å². The van der Waals surface area contributed by atoms with Gasteiger partial charge < -0.3 is 4.90 Å². The van der Waals surface area contributed by atoms with Crippen molar-refractivity contribution in [2.75, 3.05) is 13.1 Å². The maximum atomic E-state index is 12.3. The number of hydrogen-bond donors (Lipinski definition) is 0. The lowest BCUT2D eigenvalue weighted by Crippen LogP contribution is -2.40. The maximum Gasteiger partial charge on any atom is 0.227 e. The minimum Gasteiger partial charge on any atom is -0.342 e. The Hall–Kier alpha value is -1.31. The molecule has 1 aromatic carbocycles. The zero-order valence-electron chi connectivity index (χ0n) is 11.7. The van der Waals surface area contributed by atoms with Crippen molar-refractivity contribution in [1.82, 2.24) is 4.90 Å². The molecule has 18 heavy (non-hydrogen) atoms. The molecule has 0 aliphatic carbocycles. The molecule has 1 aliphatic heterocycles. The Balaban J connectivity index is 2.04. The van der Waals surface area contributed by atoms with Gasteiger partial charge in [-0.1, -0.05) is 30.7 Å². The summed E-state index contributed by atoms with van der Waals surface area (Å²) in [6, 6.07) is 6.35. The fourth-order valence-electron chi connectivity index (χ4n) is 2.68. The van der Waals surface area contributed by atoms with Crippen LogP contribution in [0.3, 0.4) is 0 Å². The predicted molar refractivity (Wildman–Crippen MR) is 74.6 cm³/mol. The zero-order chi connectivity index (χ0) is 13.1. The van der Waals surface area contributed by atoms with E-state index in [1.165, 1.54) is 23.1 Å². The molecule has 0 bridgehead atoms. The van der Waals surface area contributed by atoms with E-state index in [2.05, 4.69) is 39.0 Å². The molecule has 0 unspecified atom stereocenters. The summed E-state index contributed by atoms with van der Waals surface area (Å²) in [6.07, 6.45) is 2.97. The first-order valence-corrected chi connectivity index (χ1v) is 6.90.